The van der Waals surface area contributed by atoms with E-state index in [1.54, 1.807) is 11.0 Å². The van der Waals surface area contributed by atoms with Gasteiger partial charge in [0.15, 0.2) is 5.82 Å². The Morgan fingerprint density at radius 3 is 2.77 bits per heavy atom. The largest absolute Gasteiger partial charge is 0.381 e. The van der Waals surface area contributed by atoms with Crippen LogP contribution in [0.4, 0.5) is 5.82 Å². The average Bonchev–Trinajstić information content (AvgIpc) is 2.44. The molecule has 1 saturated carbocycles. The fourth-order valence-corrected chi connectivity index (χ4v) is 1.99. The predicted molar refractivity (Wildman–Crippen MR) is 51.0 cm³/mol. The summed E-state index contributed by atoms with van der Waals surface area (Å²) < 4.78 is 0. The van der Waals surface area contributed by atoms with Crippen LogP contribution >= 0.6 is 0 Å². The highest BCUT2D eigenvalue weighted by Gasteiger charge is 2.35. The number of hydrogen-bond acceptors (Lipinski definition) is 3. The van der Waals surface area contributed by atoms with Crippen LogP contribution in [0.2, 0.25) is 0 Å². The van der Waals surface area contributed by atoms with Crippen LogP contribution in [-0.2, 0) is 6.54 Å². The van der Waals surface area contributed by atoms with E-state index in [9.17, 15) is 0 Å². The van der Waals surface area contributed by atoms with Crippen molar-refractivity contribution in [3.05, 3.63) is 6.20 Å². The van der Waals surface area contributed by atoms with E-state index in [-0.39, 0.29) is 0 Å². The third kappa shape index (κ3) is 1.53. The highest BCUT2D eigenvalue weighted by Crippen LogP contribution is 2.44. The normalized spacial score (nSPS) is 19.8. The van der Waals surface area contributed by atoms with Gasteiger partial charge in [0.1, 0.15) is 0 Å². The van der Waals surface area contributed by atoms with Crippen LogP contribution in [0, 0.1) is 5.41 Å². The van der Waals surface area contributed by atoms with Gasteiger partial charge in [-0.3, -0.25) is 0 Å². The number of nitrogens with two attached hydrogens (primary N) is 1. The lowest BCUT2D eigenvalue weighted by atomic mass is 9.67. The number of anilines is 1. The molecular weight excluding hydrogens is 164 g/mol. The van der Waals surface area contributed by atoms with Crippen LogP contribution in [0.3, 0.4) is 0 Å². The molecule has 4 nitrogen and oxygen atoms in total. The van der Waals surface area contributed by atoms with Crippen LogP contribution in [-0.4, -0.2) is 15.0 Å². The molecular formula is C9H16N4. The molecule has 0 bridgehead atoms. The standard InChI is InChI=1S/C9H16N4/c1-2-9(4-3-5-9)7-13-11-6-8(10)12-13/h6H,2-5,7H2,1H3,(H2,10,12). The highest BCUT2D eigenvalue weighted by atomic mass is 15.5. The molecule has 1 aromatic heterocycles. The minimum atomic E-state index is 0.464. The minimum absolute atomic E-state index is 0.464. The van der Waals surface area contributed by atoms with Crippen LogP contribution in [0.15, 0.2) is 6.20 Å². The van der Waals surface area contributed by atoms with E-state index >= 15 is 0 Å². The smallest absolute Gasteiger partial charge is 0.165 e. The fourth-order valence-electron chi connectivity index (χ4n) is 1.99. The highest BCUT2D eigenvalue weighted by molar-refractivity contribution is 5.19. The molecule has 0 radical (unpaired) electrons. The Labute approximate surface area is 78.1 Å². The zero-order valence-electron chi connectivity index (χ0n) is 8.03. The van der Waals surface area contributed by atoms with Gasteiger partial charge in [0.25, 0.3) is 0 Å². The second-order valence-corrected chi connectivity index (χ2v) is 4.01. The number of rotatable bonds is 3. The predicted octanol–water partition coefficient (Wildman–Crippen LogP) is 1.44. The Bertz CT molecular complexity index is 282. The van der Waals surface area contributed by atoms with Crippen molar-refractivity contribution < 1.29 is 0 Å². The first-order valence-corrected chi connectivity index (χ1v) is 4.90. The second-order valence-electron chi connectivity index (χ2n) is 4.01. The maximum Gasteiger partial charge on any atom is 0.165 e. The quantitative estimate of drug-likeness (QED) is 0.765. The van der Waals surface area contributed by atoms with E-state index in [1.165, 1.54) is 25.7 Å². The molecule has 0 amide bonds. The van der Waals surface area contributed by atoms with Gasteiger partial charge < -0.3 is 5.73 Å². The number of hydrogen-bond donors (Lipinski definition) is 1. The lowest BCUT2D eigenvalue weighted by Gasteiger charge is -2.40. The van der Waals surface area contributed by atoms with Crippen LogP contribution in [0.25, 0.3) is 0 Å². The van der Waals surface area contributed by atoms with E-state index in [0.29, 0.717) is 11.2 Å². The molecule has 2 N–H and O–H groups in total. The van der Waals surface area contributed by atoms with Crippen molar-refractivity contribution in [1.82, 2.24) is 15.0 Å². The molecule has 0 aliphatic heterocycles. The Balaban J connectivity index is 2.04. The zero-order chi connectivity index (χ0) is 9.31. The van der Waals surface area contributed by atoms with Crippen molar-refractivity contribution in [2.45, 2.75) is 39.2 Å². The van der Waals surface area contributed by atoms with E-state index < -0.39 is 0 Å². The molecule has 72 valence electrons. The molecule has 0 spiro atoms. The first-order valence-electron chi connectivity index (χ1n) is 4.90. The van der Waals surface area contributed by atoms with Gasteiger partial charge in [0.05, 0.1) is 12.7 Å². The maximum atomic E-state index is 5.50. The van der Waals surface area contributed by atoms with Gasteiger partial charge >= 0.3 is 0 Å². The topological polar surface area (TPSA) is 56.7 Å². The molecule has 0 unspecified atom stereocenters. The molecule has 2 rings (SSSR count). The van der Waals surface area contributed by atoms with E-state index in [0.717, 1.165) is 6.54 Å². The van der Waals surface area contributed by atoms with Crippen LogP contribution in [0.1, 0.15) is 32.6 Å². The van der Waals surface area contributed by atoms with Gasteiger partial charge in [-0.25, -0.2) is 0 Å². The van der Waals surface area contributed by atoms with Gasteiger partial charge in [0, 0.05) is 0 Å². The summed E-state index contributed by atoms with van der Waals surface area (Å²) in [7, 11) is 0. The maximum absolute atomic E-state index is 5.50. The molecule has 1 aromatic rings. The van der Waals surface area contributed by atoms with E-state index in [4.69, 9.17) is 5.73 Å². The van der Waals surface area contributed by atoms with Crippen LogP contribution in [0.5, 0.6) is 0 Å². The van der Waals surface area contributed by atoms with Gasteiger partial charge in [-0.2, -0.15) is 9.90 Å². The van der Waals surface area contributed by atoms with Crippen molar-refractivity contribution in [3.63, 3.8) is 0 Å². The van der Waals surface area contributed by atoms with Crippen molar-refractivity contribution in [1.29, 1.82) is 0 Å². The van der Waals surface area contributed by atoms with Crippen LogP contribution < -0.4 is 5.73 Å². The van der Waals surface area contributed by atoms with E-state index in [2.05, 4.69) is 17.1 Å². The van der Waals surface area contributed by atoms with Crippen molar-refractivity contribution in [2.75, 3.05) is 5.73 Å². The summed E-state index contributed by atoms with van der Waals surface area (Å²) in [6, 6.07) is 0. The van der Waals surface area contributed by atoms with Crippen molar-refractivity contribution in [2.24, 2.45) is 5.41 Å². The number of nitrogen functional groups attached to an aromatic ring is 1. The first kappa shape index (κ1) is 8.53. The summed E-state index contributed by atoms with van der Waals surface area (Å²) in [5, 5.41) is 8.22. The van der Waals surface area contributed by atoms with Gasteiger partial charge in [-0.15, -0.1) is 5.10 Å². The summed E-state index contributed by atoms with van der Waals surface area (Å²) in [5.41, 5.74) is 5.97. The van der Waals surface area contributed by atoms with Gasteiger partial charge in [-0.1, -0.05) is 13.3 Å². The zero-order valence-corrected chi connectivity index (χ0v) is 8.03. The SMILES string of the molecule is CCC1(Cn2ncc(N)n2)CCC1. The Morgan fingerprint density at radius 2 is 2.38 bits per heavy atom. The van der Waals surface area contributed by atoms with Gasteiger partial charge in [0.2, 0.25) is 0 Å². The number of aromatic nitrogens is 3. The summed E-state index contributed by atoms with van der Waals surface area (Å²) >= 11 is 0. The third-order valence-electron chi connectivity index (χ3n) is 3.20. The second kappa shape index (κ2) is 3.01. The molecule has 4 heteroatoms. The monoisotopic (exact) mass is 180 g/mol. The number of nitrogens with zero attached hydrogens (tertiary/aromatic N) is 3. The Morgan fingerprint density at radius 1 is 1.62 bits per heavy atom. The molecule has 1 heterocycles. The fraction of sp³-hybridized carbons (Fsp3) is 0.778. The molecule has 1 aliphatic carbocycles. The minimum Gasteiger partial charge on any atom is -0.381 e. The summed E-state index contributed by atoms with van der Waals surface area (Å²) in [5.74, 6) is 0.519. The summed E-state index contributed by atoms with van der Waals surface area (Å²) in [4.78, 5) is 1.73. The molecule has 13 heavy (non-hydrogen) atoms. The lowest BCUT2D eigenvalue weighted by molar-refractivity contribution is 0.0886. The summed E-state index contributed by atoms with van der Waals surface area (Å²) in [6.45, 7) is 3.17. The first-order chi connectivity index (χ1) is 6.24. The van der Waals surface area contributed by atoms with E-state index in [1.807, 2.05) is 0 Å². The lowest BCUT2D eigenvalue weighted by Crippen LogP contribution is -2.34. The van der Waals surface area contributed by atoms with Crippen molar-refractivity contribution >= 4 is 5.82 Å². The molecule has 1 fully saturated rings. The van der Waals surface area contributed by atoms with Crippen molar-refractivity contribution in [3.8, 4) is 0 Å². The molecule has 0 aromatic carbocycles. The molecule has 0 saturated heterocycles. The molecule has 1 aliphatic rings. The third-order valence-corrected chi connectivity index (χ3v) is 3.20. The Kier molecular flexibility index (Phi) is 1.98. The average molecular weight is 180 g/mol. The Hall–Kier alpha value is -1.06. The summed E-state index contributed by atoms with van der Waals surface area (Å²) in [6.07, 6.45) is 6.80. The molecule has 0 atom stereocenters. The van der Waals surface area contributed by atoms with Gasteiger partial charge in [-0.05, 0) is 24.7 Å².